The van der Waals surface area contributed by atoms with Crippen LogP contribution in [0.25, 0.3) is 10.8 Å². The predicted octanol–water partition coefficient (Wildman–Crippen LogP) is 5.36. The number of aryl methyl sites for hydroxylation is 2. The van der Waals surface area contributed by atoms with Gasteiger partial charge < -0.3 is 10.1 Å². The molecule has 0 bridgehead atoms. The first kappa shape index (κ1) is 18.5. The number of fused-ring (bicyclic) bond motifs is 2. The number of ether oxygens (including phenoxy) is 1. The van der Waals surface area contributed by atoms with Crippen molar-refractivity contribution in [2.45, 2.75) is 51.7 Å². The van der Waals surface area contributed by atoms with Gasteiger partial charge in [-0.3, -0.25) is 4.79 Å². The Kier molecular flexibility index (Phi) is 5.34. The smallest absolute Gasteiger partial charge is 0.261 e. The lowest BCUT2D eigenvalue weighted by Gasteiger charge is -2.22. The molecule has 1 aliphatic rings. The van der Waals surface area contributed by atoms with Crippen molar-refractivity contribution in [1.82, 2.24) is 5.32 Å². The second kappa shape index (κ2) is 8.05. The van der Waals surface area contributed by atoms with Crippen LogP contribution in [0.5, 0.6) is 5.75 Å². The molecule has 3 aromatic rings. The molecule has 1 amide bonds. The summed E-state index contributed by atoms with van der Waals surface area (Å²) in [5.74, 6) is 0.689. The standard InChI is InChI=1S/C25H27NO2/c1-3-23(28-24-13-7-10-19-8-4-5-12-22(19)24)25(27)26-17(2)20-15-14-18-9-6-11-21(18)16-20/h4-5,7-8,10,12-17,23H,3,6,9,11H2,1-2H3,(H,26,27)/t17-,23-/m0/s1. The molecule has 144 valence electrons. The van der Waals surface area contributed by atoms with Crippen molar-refractivity contribution in [2.24, 2.45) is 0 Å². The number of benzene rings is 3. The molecule has 0 radical (unpaired) electrons. The lowest BCUT2D eigenvalue weighted by molar-refractivity contribution is -0.128. The first-order valence-electron chi connectivity index (χ1n) is 10.2. The van der Waals surface area contributed by atoms with E-state index in [1.54, 1.807) is 0 Å². The van der Waals surface area contributed by atoms with E-state index in [0.717, 1.165) is 28.5 Å². The van der Waals surface area contributed by atoms with Crippen LogP contribution in [0.15, 0.2) is 60.7 Å². The van der Waals surface area contributed by atoms with Gasteiger partial charge in [0, 0.05) is 5.39 Å². The van der Waals surface area contributed by atoms with Crippen molar-refractivity contribution in [3.63, 3.8) is 0 Å². The number of carbonyl (C=O) groups excluding carboxylic acids is 1. The molecule has 0 aliphatic heterocycles. The zero-order chi connectivity index (χ0) is 19.5. The second-order valence-electron chi connectivity index (χ2n) is 7.60. The van der Waals surface area contributed by atoms with E-state index >= 15 is 0 Å². The number of hydrogen-bond acceptors (Lipinski definition) is 2. The Bertz CT molecular complexity index is 990. The van der Waals surface area contributed by atoms with Crippen molar-refractivity contribution < 1.29 is 9.53 Å². The van der Waals surface area contributed by atoms with E-state index in [4.69, 9.17) is 4.74 Å². The van der Waals surface area contributed by atoms with Crippen LogP contribution in [0.2, 0.25) is 0 Å². The molecule has 3 nitrogen and oxygen atoms in total. The summed E-state index contributed by atoms with van der Waals surface area (Å²) in [5, 5.41) is 5.29. The van der Waals surface area contributed by atoms with E-state index in [2.05, 4.69) is 35.6 Å². The van der Waals surface area contributed by atoms with Gasteiger partial charge in [-0.05, 0) is 60.7 Å². The SMILES string of the molecule is CC[C@H](Oc1cccc2ccccc12)C(=O)N[C@@H](C)c1ccc2c(c1)CCC2. The van der Waals surface area contributed by atoms with Gasteiger partial charge in [-0.2, -0.15) is 0 Å². The summed E-state index contributed by atoms with van der Waals surface area (Å²) in [7, 11) is 0. The molecule has 0 heterocycles. The van der Waals surface area contributed by atoms with Crippen LogP contribution in [-0.4, -0.2) is 12.0 Å². The Labute approximate surface area is 166 Å². The normalized spacial score (nSPS) is 15.1. The number of hydrogen-bond donors (Lipinski definition) is 1. The summed E-state index contributed by atoms with van der Waals surface area (Å²) in [4.78, 5) is 12.9. The van der Waals surface area contributed by atoms with Crippen LogP contribution in [0.1, 0.15) is 49.4 Å². The highest BCUT2D eigenvalue weighted by Crippen LogP contribution is 2.28. The molecule has 3 aromatic carbocycles. The average molecular weight is 373 g/mol. The molecule has 28 heavy (non-hydrogen) atoms. The highest BCUT2D eigenvalue weighted by Gasteiger charge is 2.22. The van der Waals surface area contributed by atoms with E-state index < -0.39 is 6.10 Å². The Balaban J connectivity index is 1.48. The highest BCUT2D eigenvalue weighted by molar-refractivity contribution is 5.89. The largest absolute Gasteiger partial charge is 0.480 e. The number of nitrogens with one attached hydrogen (secondary N) is 1. The van der Waals surface area contributed by atoms with E-state index in [-0.39, 0.29) is 11.9 Å². The fourth-order valence-corrected chi connectivity index (χ4v) is 4.02. The second-order valence-corrected chi connectivity index (χ2v) is 7.60. The minimum Gasteiger partial charge on any atom is -0.480 e. The summed E-state index contributed by atoms with van der Waals surface area (Å²) < 4.78 is 6.14. The van der Waals surface area contributed by atoms with Crippen LogP contribution in [0.4, 0.5) is 0 Å². The van der Waals surface area contributed by atoms with Gasteiger partial charge in [0.05, 0.1) is 6.04 Å². The van der Waals surface area contributed by atoms with Crippen LogP contribution >= 0.6 is 0 Å². The molecule has 0 saturated carbocycles. The number of rotatable bonds is 6. The van der Waals surface area contributed by atoms with Crippen molar-refractivity contribution >= 4 is 16.7 Å². The van der Waals surface area contributed by atoms with Crippen LogP contribution < -0.4 is 10.1 Å². The maximum absolute atomic E-state index is 12.9. The van der Waals surface area contributed by atoms with Crippen molar-refractivity contribution in [3.05, 3.63) is 77.4 Å². The van der Waals surface area contributed by atoms with Gasteiger partial charge in [-0.15, -0.1) is 0 Å². The lowest BCUT2D eigenvalue weighted by atomic mass is 10.0. The van der Waals surface area contributed by atoms with E-state index in [9.17, 15) is 4.79 Å². The Morgan fingerprint density at radius 1 is 1.04 bits per heavy atom. The Hall–Kier alpha value is -2.81. The predicted molar refractivity (Wildman–Crippen MR) is 114 cm³/mol. The van der Waals surface area contributed by atoms with Gasteiger partial charge in [0.15, 0.2) is 6.10 Å². The summed E-state index contributed by atoms with van der Waals surface area (Å²) >= 11 is 0. The zero-order valence-corrected chi connectivity index (χ0v) is 16.6. The third-order valence-corrected chi connectivity index (χ3v) is 5.66. The van der Waals surface area contributed by atoms with Gasteiger partial charge in [0.2, 0.25) is 0 Å². The van der Waals surface area contributed by atoms with Crippen LogP contribution in [-0.2, 0) is 17.6 Å². The topological polar surface area (TPSA) is 38.3 Å². The van der Waals surface area contributed by atoms with Crippen molar-refractivity contribution in [2.75, 3.05) is 0 Å². The maximum atomic E-state index is 12.9. The van der Waals surface area contributed by atoms with Gasteiger partial charge in [-0.1, -0.05) is 61.5 Å². The summed E-state index contributed by atoms with van der Waals surface area (Å²) in [5.41, 5.74) is 4.04. The van der Waals surface area contributed by atoms with Gasteiger partial charge in [-0.25, -0.2) is 0 Å². The Morgan fingerprint density at radius 2 is 1.82 bits per heavy atom. The van der Waals surface area contributed by atoms with Gasteiger partial charge >= 0.3 is 0 Å². The maximum Gasteiger partial charge on any atom is 0.261 e. The Morgan fingerprint density at radius 3 is 2.68 bits per heavy atom. The molecule has 0 aromatic heterocycles. The molecule has 1 N–H and O–H groups in total. The third kappa shape index (κ3) is 3.75. The summed E-state index contributed by atoms with van der Waals surface area (Å²) in [6, 6.07) is 20.6. The molecule has 0 spiro atoms. The summed E-state index contributed by atoms with van der Waals surface area (Å²) in [6.07, 6.45) is 3.66. The molecule has 0 saturated heterocycles. The number of carbonyl (C=O) groups is 1. The first-order valence-corrected chi connectivity index (χ1v) is 10.2. The quantitative estimate of drug-likeness (QED) is 0.631. The fourth-order valence-electron chi connectivity index (χ4n) is 4.02. The van der Waals surface area contributed by atoms with Crippen molar-refractivity contribution in [1.29, 1.82) is 0 Å². The van der Waals surface area contributed by atoms with Gasteiger partial charge in [0.25, 0.3) is 5.91 Å². The van der Waals surface area contributed by atoms with E-state index in [0.29, 0.717) is 6.42 Å². The molecule has 0 unspecified atom stereocenters. The van der Waals surface area contributed by atoms with Gasteiger partial charge in [0.1, 0.15) is 5.75 Å². The molecular weight excluding hydrogens is 346 g/mol. The van der Waals surface area contributed by atoms with E-state index in [1.807, 2.05) is 44.2 Å². The molecule has 4 rings (SSSR count). The highest BCUT2D eigenvalue weighted by atomic mass is 16.5. The minimum absolute atomic E-state index is 0.0384. The third-order valence-electron chi connectivity index (χ3n) is 5.66. The molecule has 0 fully saturated rings. The number of amides is 1. The molecule has 1 aliphatic carbocycles. The summed E-state index contributed by atoms with van der Waals surface area (Å²) in [6.45, 7) is 4.02. The van der Waals surface area contributed by atoms with Crippen LogP contribution in [0, 0.1) is 0 Å². The fraction of sp³-hybridized carbons (Fsp3) is 0.320. The minimum atomic E-state index is -0.511. The lowest BCUT2D eigenvalue weighted by Crippen LogP contribution is -2.39. The monoisotopic (exact) mass is 373 g/mol. The zero-order valence-electron chi connectivity index (χ0n) is 16.6. The van der Waals surface area contributed by atoms with Crippen molar-refractivity contribution in [3.8, 4) is 5.75 Å². The molecule has 3 heteroatoms. The average Bonchev–Trinajstić information content (AvgIpc) is 3.19. The first-order chi connectivity index (χ1) is 13.7. The molecular formula is C25H27NO2. The van der Waals surface area contributed by atoms with Crippen LogP contribution in [0.3, 0.4) is 0 Å². The molecule has 2 atom stereocenters. The van der Waals surface area contributed by atoms with E-state index in [1.165, 1.54) is 24.0 Å².